The van der Waals surface area contributed by atoms with Crippen molar-refractivity contribution in [3.8, 4) is 21.8 Å². The van der Waals surface area contributed by atoms with Gasteiger partial charge in [0.1, 0.15) is 0 Å². The van der Waals surface area contributed by atoms with Crippen LogP contribution in [-0.2, 0) is 0 Å². The number of carbonyl (C=O) groups excluding carboxylic acids is 1. The molecule has 0 aliphatic carbocycles. The van der Waals surface area contributed by atoms with E-state index in [1.165, 1.54) is 28.3 Å². The van der Waals surface area contributed by atoms with Crippen molar-refractivity contribution in [2.75, 3.05) is 5.32 Å². The normalized spacial score (nSPS) is 10.9. The van der Waals surface area contributed by atoms with E-state index in [4.69, 9.17) is 4.98 Å². The predicted molar refractivity (Wildman–Crippen MR) is 132 cm³/mol. The van der Waals surface area contributed by atoms with E-state index in [0.29, 0.717) is 16.4 Å². The summed E-state index contributed by atoms with van der Waals surface area (Å²) in [6.07, 6.45) is 0. The van der Waals surface area contributed by atoms with Gasteiger partial charge in [0.15, 0.2) is 5.13 Å². The second kappa shape index (κ2) is 8.53. The molecule has 0 atom stereocenters. The van der Waals surface area contributed by atoms with Gasteiger partial charge < -0.3 is 0 Å². The van der Waals surface area contributed by atoms with Crippen molar-refractivity contribution in [2.45, 2.75) is 6.92 Å². The third-order valence-corrected chi connectivity index (χ3v) is 6.83. The fourth-order valence-corrected chi connectivity index (χ4v) is 4.99. The number of amides is 1. The first-order valence-corrected chi connectivity index (χ1v) is 11.7. The number of aromatic nitrogens is 2. The SMILES string of the molecule is Cc1ccc(-c2cc(C(=O)Nc3nc(-c4ccc([N+](=O)[O-])cc4)cs3)c3ccccc3n2)s1. The molecule has 2 aromatic carbocycles. The van der Waals surface area contributed by atoms with Crippen LogP contribution in [0, 0.1) is 17.0 Å². The van der Waals surface area contributed by atoms with Crippen molar-refractivity contribution >= 4 is 50.3 Å². The highest BCUT2D eigenvalue weighted by molar-refractivity contribution is 7.15. The van der Waals surface area contributed by atoms with Crippen LogP contribution in [0.3, 0.4) is 0 Å². The van der Waals surface area contributed by atoms with Crippen LogP contribution in [0.5, 0.6) is 0 Å². The summed E-state index contributed by atoms with van der Waals surface area (Å²) >= 11 is 2.93. The molecule has 3 aromatic heterocycles. The molecule has 1 N–H and O–H groups in total. The maximum absolute atomic E-state index is 13.2. The molecule has 162 valence electrons. The monoisotopic (exact) mass is 472 g/mol. The number of nitrogens with zero attached hydrogens (tertiary/aromatic N) is 3. The Morgan fingerprint density at radius 1 is 1.00 bits per heavy atom. The molecular formula is C24H16N4O3S2. The molecule has 0 bridgehead atoms. The Balaban J connectivity index is 1.45. The van der Waals surface area contributed by atoms with Crippen LogP contribution < -0.4 is 5.32 Å². The van der Waals surface area contributed by atoms with Gasteiger partial charge in [-0.1, -0.05) is 18.2 Å². The van der Waals surface area contributed by atoms with E-state index < -0.39 is 4.92 Å². The van der Waals surface area contributed by atoms with Gasteiger partial charge in [-0.2, -0.15) is 0 Å². The van der Waals surface area contributed by atoms with Crippen LogP contribution in [0.4, 0.5) is 10.8 Å². The number of non-ortho nitro benzene ring substituents is 1. The number of hydrogen-bond acceptors (Lipinski definition) is 7. The number of rotatable bonds is 5. The molecule has 7 nitrogen and oxygen atoms in total. The summed E-state index contributed by atoms with van der Waals surface area (Å²) in [5.74, 6) is -0.271. The lowest BCUT2D eigenvalue weighted by Crippen LogP contribution is -2.13. The number of fused-ring (bicyclic) bond motifs is 1. The maximum atomic E-state index is 13.2. The van der Waals surface area contributed by atoms with Gasteiger partial charge in [0.05, 0.1) is 32.3 Å². The molecule has 33 heavy (non-hydrogen) atoms. The zero-order valence-corrected chi connectivity index (χ0v) is 18.9. The molecule has 0 saturated carbocycles. The van der Waals surface area contributed by atoms with E-state index in [2.05, 4.69) is 10.3 Å². The number of thiophene rings is 1. The average molecular weight is 473 g/mol. The summed E-state index contributed by atoms with van der Waals surface area (Å²) in [5.41, 5.74) is 3.42. The number of nitro benzene ring substituents is 1. The van der Waals surface area contributed by atoms with E-state index >= 15 is 0 Å². The minimum absolute atomic E-state index is 0.0174. The summed E-state index contributed by atoms with van der Waals surface area (Å²) < 4.78 is 0. The Hall–Kier alpha value is -3.95. The van der Waals surface area contributed by atoms with Crippen molar-refractivity contribution in [3.05, 3.63) is 92.7 Å². The molecule has 5 aromatic rings. The Morgan fingerprint density at radius 3 is 2.52 bits per heavy atom. The fraction of sp³-hybridized carbons (Fsp3) is 0.0417. The highest BCUT2D eigenvalue weighted by Crippen LogP contribution is 2.31. The number of nitro groups is 1. The van der Waals surface area contributed by atoms with E-state index in [0.717, 1.165) is 27.0 Å². The molecule has 0 unspecified atom stereocenters. The van der Waals surface area contributed by atoms with Crippen LogP contribution >= 0.6 is 22.7 Å². The van der Waals surface area contributed by atoms with Gasteiger partial charge in [-0.25, -0.2) is 9.97 Å². The van der Waals surface area contributed by atoms with Gasteiger partial charge in [0, 0.05) is 33.3 Å². The second-order valence-electron chi connectivity index (χ2n) is 7.28. The van der Waals surface area contributed by atoms with Crippen LogP contribution in [0.1, 0.15) is 15.2 Å². The largest absolute Gasteiger partial charge is 0.298 e. The molecular weight excluding hydrogens is 456 g/mol. The van der Waals surface area contributed by atoms with Gasteiger partial charge in [-0.3, -0.25) is 20.2 Å². The number of para-hydroxylation sites is 1. The van der Waals surface area contributed by atoms with Gasteiger partial charge in [0.25, 0.3) is 11.6 Å². The first-order valence-electron chi connectivity index (χ1n) is 9.96. The van der Waals surface area contributed by atoms with Crippen LogP contribution in [-0.4, -0.2) is 20.8 Å². The smallest absolute Gasteiger partial charge is 0.269 e. The summed E-state index contributed by atoms with van der Waals surface area (Å²) in [6.45, 7) is 2.04. The minimum atomic E-state index is -0.443. The number of carbonyl (C=O) groups is 1. The third kappa shape index (κ3) is 4.23. The van der Waals surface area contributed by atoms with Crippen LogP contribution in [0.25, 0.3) is 32.7 Å². The molecule has 3 heterocycles. The van der Waals surface area contributed by atoms with Crippen molar-refractivity contribution in [1.29, 1.82) is 0 Å². The predicted octanol–water partition coefficient (Wildman–Crippen LogP) is 6.56. The number of nitrogens with one attached hydrogen (secondary N) is 1. The molecule has 0 fully saturated rings. The lowest BCUT2D eigenvalue weighted by Gasteiger charge is -2.08. The Labute approximate surface area is 196 Å². The first-order chi connectivity index (χ1) is 16.0. The fourth-order valence-electron chi connectivity index (χ4n) is 3.44. The number of thiazole rings is 1. The quantitative estimate of drug-likeness (QED) is 0.231. The molecule has 0 aliphatic rings. The molecule has 1 amide bonds. The van der Waals surface area contributed by atoms with Gasteiger partial charge >= 0.3 is 0 Å². The van der Waals surface area contributed by atoms with E-state index in [1.807, 2.05) is 49.4 Å². The number of pyridine rings is 1. The Kier molecular flexibility index (Phi) is 5.41. The zero-order valence-electron chi connectivity index (χ0n) is 17.3. The highest BCUT2D eigenvalue weighted by atomic mass is 32.1. The van der Waals surface area contributed by atoms with E-state index in [9.17, 15) is 14.9 Å². The topological polar surface area (TPSA) is 98.0 Å². The molecule has 5 rings (SSSR count). The minimum Gasteiger partial charge on any atom is -0.298 e. The van der Waals surface area contributed by atoms with Crippen molar-refractivity contribution in [3.63, 3.8) is 0 Å². The number of anilines is 1. The summed E-state index contributed by atoms with van der Waals surface area (Å²) in [6, 6.07) is 19.6. The maximum Gasteiger partial charge on any atom is 0.269 e. The molecule has 0 radical (unpaired) electrons. The first kappa shape index (κ1) is 20.9. The summed E-state index contributed by atoms with van der Waals surface area (Å²) in [5, 5.41) is 16.8. The van der Waals surface area contributed by atoms with Gasteiger partial charge in [0.2, 0.25) is 0 Å². The number of benzene rings is 2. The van der Waals surface area contributed by atoms with Crippen LogP contribution in [0.15, 0.2) is 72.1 Å². The number of aryl methyl sites for hydroxylation is 1. The van der Waals surface area contributed by atoms with Crippen molar-refractivity contribution in [2.24, 2.45) is 0 Å². The second-order valence-corrected chi connectivity index (χ2v) is 9.42. The van der Waals surface area contributed by atoms with Gasteiger partial charge in [-0.15, -0.1) is 22.7 Å². The lowest BCUT2D eigenvalue weighted by molar-refractivity contribution is -0.384. The van der Waals surface area contributed by atoms with E-state index in [-0.39, 0.29) is 11.6 Å². The molecule has 0 saturated heterocycles. The zero-order chi connectivity index (χ0) is 22.9. The molecule has 0 aliphatic heterocycles. The number of hydrogen-bond donors (Lipinski definition) is 1. The van der Waals surface area contributed by atoms with E-state index in [1.54, 1.807) is 28.8 Å². The summed E-state index contributed by atoms with van der Waals surface area (Å²) in [4.78, 5) is 35.1. The van der Waals surface area contributed by atoms with Crippen LogP contribution in [0.2, 0.25) is 0 Å². The lowest BCUT2D eigenvalue weighted by atomic mass is 10.1. The standard InChI is InChI=1S/C24H16N4O3S2/c1-14-6-11-22(33-14)20-12-18(17-4-2-3-5-19(17)25-20)23(29)27-24-26-21(13-32-24)15-7-9-16(10-8-15)28(30)31/h2-13H,1H3,(H,26,27,29). The summed E-state index contributed by atoms with van der Waals surface area (Å²) in [7, 11) is 0. The Morgan fingerprint density at radius 2 is 1.79 bits per heavy atom. The molecule has 9 heteroatoms. The highest BCUT2D eigenvalue weighted by Gasteiger charge is 2.17. The van der Waals surface area contributed by atoms with Crippen molar-refractivity contribution < 1.29 is 9.72 Å². The van der Waals surface area contributed by atoms with Gasteiger partial charge in [-0.05, 0) is 43.3 Å². The Bertz CT molecular complexity index is 1510. The third-order valence-electron chi connectivity index (χ3n) is 5.05. The van der Waals surface area contributed by atoms with Crippen molar-refractivity contribution in [1.82, 2.24) is 9.97 Å². The average Bonchev–Trinajstić information content (AvgIpc) is 3.47. The molecule has 0 spiro atoms.